The molecule has 1 heterocycles. The number of nitrogens with zero attached hydrogens (tertiary/aromatic N) is 1. The van der Waals surface area contributed by atoms with Crippen molar-refractivity contribution in [2.24, 2.45) is 0 Å². The van der Waals surface area contributed by atoms with Gasteiger partial charge >= 0.3 is 0 Å². The first kappa shape index (κ1) is 17.8. The molecular formula is C20H23NO3S. The molecule has 0 radical (unpaired) electrons. The molecule has 0 aliphatic carbocycles. The molecule has 0 aromatic heterocycles. The zero-order chi connectivity index (χ0) is 17.5. The Kier molecular flexibility index (Phi) is 6.36. The van der Waals surface area contributed by atoms with E-state index in [-0.39, 0.29) is 5.91 Å². The summed E-state index contributed by atoms with van der Waals surface area (Å²) in [4.78, 5) is 15.8. The fourth-order valence-corrected chi connectivity index (χ4v) is 3.65. The molecule has 2 aromatic rings. The van der Waals surface area contributed by atoms with Crippen LogP contribution in [0, 0.1) is 0 Å². The van der Waals surface area contributed by atoms with Gasteiger partial charge in [-0.15, -0.1) is 11.8 Å². The average molecular weight is 357 g/mol. The molecule has 25 heavy (non-hydrogen) atoms. The number of morpholine rings is 1. The lowest BCUT2D eigenvalue weighted by Crippen LogP contribution is -2.40. The molecule has 3 rings (SSSR count). The number of amides is 1. The molecule has 0 N–H and O–H groups in total. The van der Waals surface area contributed by atoms with Crippen molar-refractivity contribution in [2.45, 2.75) is 17.6 Å². The van der Waals surface area contributed by atoms with Crippen LogP contribution < -0.4 is 4.74 Å². The zero-order valence-electron chi connectivity index (χ0n) is 14.4. The van der Waals surface area contributed by atoms with Crippen LogP contribution >= 0.6 is 11.8 Å². The molecule has 1 saturated heterocycles. The maximum Gasteiger partial charge on any atom is 0.254 e. The summed E-state index contributed by atoms with van der Waals surface area (Å²) in [5.74, 6) is 1.69. The number of benzene rings is 2. The van der Waals surface area contributed by atoms with Crippen LogP contribution in [0.15, 0.2) is 53.4 Å². The predicted octanol–water partition coefficient (Wildman–Crippen LogP) is 3.85. The van der Waals surface area contributed by atoms with Crippen LogP contribution in [-0.2, 0) is 10.5 Å². The van der Waals surface area contributed by atoms with Gasteiger partial charge in [0, 0.05) is 34.9 Å². The van der Waals surface area contributed by atoms with E-state index in [9.17, 15) is 4.79 Å². The van der Waals surface area contributed by atoms with Gasteiger partial charge in [-0.2, -0.15) is 0 Å². The number of hydrogen-bond donors (Lipinski definition) is 0. The van der Waals surface area contributed by atoms with Crippen LogP contribution in [-0.4, -0.2) is 43.7 Å². The van der Waals surface area contributed by atoms with Crippen LogP contribution in [0.4, 0.5) is 0 Å². The Morgan fingerprint density at radius 1 is 1.16 bits per heavy atom. The summed E-state index contributed by atoms with van der Waals surface area (Å²) in [6.45, 7) is 5.11. The Bertz CT molecular complexity index is 699. The second kappa shape index (κ2) is 8.92. The van der Waals surface area contributed by atoms with E-state index in [4.69, 9.17) is 9.47 Å². The molecule has 1 amide bonds. The summed E-state index contributed by atoms with van der Waals surface area (Å²) in [5.41, 5.74) is 1.77. The van der Waals surface area contributed by atoms with Gasteiger partial charge in [0.25, 0.3) is 5.91 Å². The number of rotatable bonds is 6. The van der Waals surface area contributed by atoms with E-state index in [0.29, 0.717) is 38.5 Å². The summed E-state index contributed by atoms with van der Waals surface area (Å²) in [5, 5.41) is 0. The van der Waals surface area contributed by atoms with E-state index >= 15 is 0 Å². The topological polar surface area (TPSA) is 38.8 Å². The van der Waals surface area contributed by atoms with Crippen molar-refractivity contribution < 1.29 is 14.3 Å². The highest BCUT2D eigenvalue weighted by Gasteiger charge is 2.19. The predicted molar refractivity (Wildman–Crippen MR) is 100 cm³/mol. The number of hydrogen-bond acceptors (Lipinski definition) is 4. The molecule has 5 heteroatoms. The normalized spacial score (nSPS) is 14.4. The fraction of sp³-hybridized carbons (Fsp3) is 0.350. The Morgan fingerprint density at radius 2 is 1.92 bits per heavy atom. The van der Waals surface area contributed by atoms with Gasteiger partial charge in [0.1, 0.15) is 5.75 Å². The van der Waals surface area contributed by atoms with Crippen molar-refractivity contribution in [3.8, 4) is 5.75 Å². The highest BCUT2D eigenvalue weighted by atomic mass is 32.2. The second-order valence-corrected chi connectivity index (χ2v) is 6.81. The van der Waals surface area contributed by atoms with E-state index in [1.54, 1.807) is 11.8 Å². The molecule has 132 valence electrons. The highest BCUT2D eigenvalue weighted by Crippen LogP contribution is 2.29. The molecule has 0 atom stereocenters. The maximum absolute atomic E-state index is 12.7. The monoisotopic (exact) mass is 357 g/mol. The molecule has 0 bridgehead atoms. The summed E-state index contributed by atoms with van der Waals surface area (Å²) in [6, 6.07) is 16.0. The average Bonchev–Trinajstić information content (AvgIpc) is 2.68. The third-order valence-electron chi connectivity index (χ3n) is 4.04. The van der Waals surface area contributed by atoms with Gasteiger partial charge in [-0.25, -0.2) is 0 Å². The lowest BCUT2D eigenvalue weighted by Gasteiger charge is -2.27. The third kappa shape index (κ3) is 4.77. The first-order valence-electron chi connectivity index (χ1n) is 8.58. The van der Waals surface area contributed by atoms with E-state index in [0.717, 1.165) is 17.1 Å². The molecule has 2 aromatic carbocycles. The van der Waals surface area contributed by atoms with E-state index in [1.807, 2.05) is 48.2 Å². The summed E-state index contributed by atoms with van der Waals surface area (Å²) in [7, 11) is 0. The van der Waals surface area contributed by atoms with Crippen molar-refractivity contribution in [3.05, 3.63) is 59.7 Å². The summed E-state index contributed by atoms with van der Waals surface area (Å²) in [6.07, 6.45) is 0. The van der Waals surface area contributed by atoms with Crippen LogP contribution in [0.5, 0.6) is 5.75 Å². The summed E-state index contributed by atoms with van der Waals surface area (Å²) >= 11 is 1.74. The van der Waals surface area contributed by atoms with Crippen molar-refractivity contribution in [3.63, 3.8) is 0 Å². The molecule has 1 aliphatic heterocycles. The second-order valence-electron chi connectivity index (χ2n) is 5.76. The van der Waals surface area contributed by atoms with Gasteiger partial charge in [-0.3, -0.25) is 4.79 Å². The van der Waals surface area contributed by atoms with Gasteiger partial charge < -0.3 is 14.4 Å². The molecule has 0 saturated carbocycles. The minimum absolute atomic E-state index is 0.0670. The summed E-state index contributed by atoms with van der Waals surface area (Å²) < 4.78 is 11.1. The van der Waals surface area contributed by atoms with Crippen LogP contribution in [0.1, 0.15) is 22.8 Å². The van der Waals surface area contributed by atoms with E-state index < -0.39 is 0 Å². The standard InChI is InChI=1S/C20H23NO3S/c1-2-24-19-9-8-16(20(22)21-10-12-23-13-11-21)14-17(19)15-25-18-6-4-3-5-7-18/h3-9,14H,2,10-13,15H2,1H3. The molecule has 1 aliphatic rings. The molecular weight excluding hydrogens is 334 g/mol. The van der Waals surface area contributed by atoms with Crippen molar-refractivity contribution in [2.75, 3.05) is 32.9 Å². The zero-order valence-corrected chi connectivity index (χ0v) is 15.3. The van der Waals surface area contributed by atoms with Crippen molar-refractivity contribution >= 4 is 17.7 Å². The fourth-order valence-electron chi connectivity index (χ4n) is 2.75. The number of carbonyl (C=O) groups excluding carboxylic acids is 1. The van der Waals surface area contributed by atoms with Gasteiger partial charge in [0.05, 0.1) is 19.8 Å². The Labute approximate surface area is 153 Å². The Hall–Kier alpha value is -1.98. The minimum atomic E-state index is 0.0670. The van der Waals surface area contributed by atoms with Gasteiger partial charge in [-0.05, 0) is 37.3 Å². The number of carbonyl (C=O) groups is 1. The Morgan fingerprint density at radius 3 is 2.64 bits per heavy atom. The first-order valence-corrected chi connectivity index (χ1v) is 9.57. The molecule has 0 unspecified atom stereocenters. The van der Waals surface area contributed by atoms with E-state index in [1.165, 1.54) is 4.90 Å². The first-order chi connectivity index (χ1) is 12.3. The third-order valence-corrected chi connectivity index (χ3v) is 5.10. The Balaban J connectivity index is 1.77. The van der Waals surface area contributed by atoms with Gasteiger partial charge in [0.15, 0.2) is 0 Å². The van der Waals surface area contributed by atoms with E-state index in [2.05, 4.69) is 12.1 Å². The van der Waals surface area contributed by atoms with Gasteiger partial charge in [0.2, 0.25) is 0 Å². The van der Waals surface area contributed by atoms with Crippen molar-refractivity contribution in [1.82, 2.24) is 4.90 Å². The van der Waals surface area contributed by atoms with Crippen LogP contribution in [0.2, 0.25) is 0 Å². The quantitative estimate of drug-likeness (QED) is 0.736. The highest BCUT2D eigenvalue weighted by molar-refractivity contribution is 7.98. The molecule has 0 spiro atoms. The maximum atomic E-state index is 12.7. The minimum Gasteiger partial charge on any atom is -0.494 e. The largest absolute Gasteiger partial charge is 0.494 e. The van der Waals surface area contributed by atoms with Gasteiger partial charge in [-0.1, -0.05) is 18.2 Å². The lowest BCUT2D eigenvalue weighted by atomic mass is 10.1. The van der Waals surface area contributed by atoms with Crippen LogP contribution in [0.3, 0.4) is 0 Å². The molecule has 4 nitrogen and oxygen atoms in total. The van der Waals surface area contributed by atoms with Crippen molar-refractivity contribution in [1.29, 1.82) is 0 Å². The number of ether oxygens (including phenoxy) is 2. The smallest absolute Gasteiger partial charge is 0.254 e. The lowest BCUT2D eigenvalue weighted by molar-refractivity contribution is 0.0303. The molecule has 1 fully saturated rings. The number of thioether (sulfide) groups is 1. The SMILES string of the molecule is CCOc1ccc(C(=O)N2CCOCC2)cc1CSc1ccccc1. The van der Waals surface area contributed by atoms with Crippen LogP contribution in [0.25, 0.3) is 0 Å².